The van der Waals surface area contributed by atoms with E-state index in [9.17, 15) is 0 Å². The fourth-order valence-corrected chi connectivity index (χ4v) is 2.85. The lowest BCUT2D eigenvalue weighted by Crippen LogP contribution is -2.52. The Morgan fingerprint density at radius 3 is 2.56 bits per heavy atom. The molecule has 1 aromatic heterocycles. The summed E-state index contributed by atoms with van der Waals surface area (Å²) in [7, 11) is 1.78. The van der Waals surface area contributed by atoms with E-state index in [1.54, 1.807) is 7.05 Å². The highest BCUT2D eigenvalue weighted by molar-refractivity contribution is 14.0. The molecule has 1 aliphatic heterocycles. The maximum atomic E-state index is 5.46. The summed E-state index contributed by atoms with van der Waals surface area (Å²) < 4.78 is 10.6. The van der Waals surface area contributed by atoms with E-state index in [2.05, 4.69) is 44.5 Å². The summed E-state index contributed by atoms with van der Waals surface area (Å²) in [5.41, 5.74) is 0. The number of morpholine rings is 1. The molecule has 25 heavy (non-hydrogen) atoms. The first-order chi connectivity index (χ1) is 11.6. The van der Waals surface area contributed by atoms with Gasteiger partial charge in [-0.25, -0.2) is 0 Å². The zero-order valence-corrected chi connectivity index (χ0v) is 17.9. The smallest absolute Gasteiger partial charge is 0.228 e. The van der Waals surface area contributed by atoms with Crippen LogP contribution in [0.3, 0.4) is 0 Å². The first-order valence-corrected chi connectivity index (χ1v) is 8.65. The van der Waals surface area contributed by atoms with E-state index in [4.69, 9.17) is 9.26 Å². The molecule has 0 aromatic carbocycles. The minimum atomic E-state index is 0. The predicted octanol–water partition coefficient (Wildman–Crippen LogP) is 1.06. The molecule has 0 radical (unpaired) electrons. The van der Waals surface area contributed by atoms with Crippen LogP contribution in [0.2, 0.25) is 0 Å². The molecule has 9 heteroatoms. The Morgan fingerprint density at radius 2 is 2.00 bits per heavy atom. The Labute approximate surface area is 167 Å². The highest BCUT2D eigenvalue weighted by Gasteiger charge is 2.23. The van der Waals surface area contributed by atoms with Gasteiger partial charge >= 0.3 is 0 Å². The van der Waals surface area contributed by atoms with Crippen LogP contribution in [0.5, 0.6) is 0 Å². The normalized spacial score (nSPS) is 17.2. The van der Waals surface area contributed by atoms with Crippen molar-refractivity contribution in [1.82, 2.24) is 25.7 Å². The Hall–Kier alpha value is -0.940. The van der Waals surface area contributed by atoms with Crippen molar-refractivity contribution in [2.24, 2.45) is 10.9 Å². The van der Waals surface area contributed by atoms with Crippen molar-refractivity contribution in [1.29, 1.82) is 0 Å². The Balaban J connectivity index is 0.00000312. The van der Waals surface area contributed by atoms with Crippen LogP contribution in [0.4, 0.5) is 0 Å². The van der Waals surface area contributed by atoms with E-state index in [1.807, 2.05) is 6.92 Å². The van der Waals surface area contributed by atoms with E-state index >= 15 is 0 Å². The van der Waals surface area contributed by atoms with E-state index in [0.717, 1.165) is 38.8 Å². The molecular formula is C16H31IN6O2. The molecule has 0 saturated carbocycles. The standard InChI is InChI=1S/C16H30N6O2.HI/c1-12(2)14(22-7-9-23-10-8-22)11-19-16(17-4)18-6-5-15-20-13(3)21-24-15;/h12,14H,5-11H2,1-4H3,(H2,17,18,19);1H. The van der Waals surface area contributed by atoms with Gasteiger partial charge in [0, 0.05) is 45.7 Å². The fourth-order valence-electron chi connectivity index (χ4n) is 2.85. The number of aryl methyl sites for hydroxylation is 1. The molecule has 2 N–H and O–H groups in total. The lowest BCUT2D eigenvalue weighted by Gasteiger charge is -2.37. The zero-order chi connectivity index (χ0) is 17.4. The Morgan fingerprint density at radius 1 is 1.28 bits per heavy atom. The molecule has 144 valence electrons. The molecular weight excluding hydrogens is 435 g/mol. The first kappa shape index (κ1) is 22.1. The van der Waals surface area contributed by atoms with E-state index < -0.39 is 0 Å². The molecule has 1 saturated heterocycles. The van der Waals surface area contributed by atoms with Crippen molar-refractivity contribution in [3.05, 3.63) is 11.7 Å². The van der Waals surface area contributed by atoms with Crippen molar-refractivity contribution in [3.63, 3.8) is 0 Å². The summed E-state index contributed by atoms with van der Waals surface area (Å²) in [6.45, 7) is 11.5. The number of nitrogens with one attached hydrogen (secondary N) is 2. The molecule has 2 rings (SSSR count). The van der Waals surface area contributed by atoms with Crippen molar-refractivity contribution in [3.8, 4) is 0 Å². The summed E-state index contributed by atoms with van der Waals surface area (Å²) >= 11 is 0. The lowest BCUT2D eigenvalue weighted by molar-refractivity contribution is 0.00752. The minimum Gasteiger partial charge on any atom is -0.379 e. The highest BCUT2D eigenvalue weighted by Crippen LogP contribution is 2.12. The van der Waals surface area contributed by atoms with Gasteiger partial charge in [0.05, 0.1) is 13.2 Å². The molecule has 0 spiro atoms. The molecule has 2 heterocycles. The maximum absolute atomic E-state index is 5.46. The number of rotatable bonds is 7. The first-order valence-electron chi connectivity index (χ1n) is 8.65. The average molecular weight is 466 g/mol. The van der Waals surface area contributed by atoms with Crippen LogP contribution in [0, 0.1) is 12.8 Å². The van der Waals surface area contributed by atoms with Gasteiger partial charge in [-0.15, -0.1) is 24.0 Å². The van der Waals surface area contributed by atoms with Gasteiger partial charge in [-0.3, -0.25) is 9.89 Å². The second kappa shape index (κ2) is 11.6. The van der Waals surface area contributed by atoms with Crippen molar-refractivity contribution in [2.75, 3.05) is 46.4 Å². The molecule has 1 fully saturated rings. The van der Waals surface area contributed by atoms with Crippen LogP contribution in [0.25, 0.3) is 0 Å². The SMILES string of the molecule is CN=C(NCCc1nc(C)no1)NCC(C(C)C)N1CCOCC1.I. The van der Waals surface area contributed by atoms with Gasteiger partial charge in [-0.1, -0.05) is 19.0 Å². The predicted molar refractivity (Wildman–Crippen MR) is 109 cm³/mol. The van der Waals surface area contributed by atoms with Crippen LogP contribution in [0.1, 0.15) is 25.6 Å². The quantitative estimate of drug-likeness (QED) is 0.353. The number of halogens is 1. The summed E-state index contributed by atoms with van der Waals surface area (Å²) in [6.07, 6.45) is 0.679. The third-order valence-corrected chi connectivity index (χ3v) is 4.19. The second-order valence-electron chi connectivity index (χ2n) is 6.32. The third kappa shape index (κ3) is 7.45. The van der Waals surface area contributed by atoms with Gasteiger partial charge in [-0.2, -0.15) is 4.98 Å². The second-order valence-corrected chi connectivity index (χ2v) is 6.32. The highest BCUT2D eigenvalue weighted by atomic mass is 127. The number of ether oxygens (including phenoxy) is 1. The maximum Gasteiger partial charge on any atom is 0.228 e. The minimum absolute atomic E-state index is 0. The number of aliphatic imine (C=N–C) groups is 1. The Kier molecular flexibility index (Phi) is 10.3. The Bertz CT molecular complexity index is 516. The number of aromatic nitrogens is 2. The molecule has 1 unspecified atom stereocenters. The summed E-state index contributed by atoms with van der Waals surface area (Å²) in [5.74, 6) is 2.67. The van der Waals surface area contributed by atoms with E-state index in [-0.39, 0.29) is 24.0 Å². The van der Waals surface area contributed by atoms with Gasteiger partial charge in [-0.05, 0) is 12.8 Å². The third-order valence-electron chi connectivity index (χ3n) is 4.19. The molecule has 0 bridgehead atoms. The number of guanidine groups is 1. The van der Waals surface area contributed by atoms with Gasteiger partial charge in [0.25, 0.3) is 0 Å². The monoisotopic (exact) mass is 466 g/mol. The molecule has 1 aromatic rings. The van der Waals surface area contributed by atoms with E-state index in [1.165, 1.54) is 0 Å². The van der Waals surface area contributed by atoms with Crippen LogP contribution >= 0.6 is 24.0 Å². The van der Waals surface area contributed by atoms with Gasteiger partial charge in [0.15, 0.2) is 11.8 Å². The van der Waals surface area contributed by atoms with Gasteiger partial charge < -0.3 is 19.9 Å². The van der Waals surface area contributed by atoms with Crippen LogP contribution < -0.4 is 10.6 Å². The fraction of sp³-hybridized carbons (Fsp3) is 0.812. The molecule has 0 aliphatic carbocycles. The summed E-state index contributed by atoms with van der Waals surface area (Å²) in [6, 6.07) is 0.464. The van der Waals surface area contributed by atoms with Crippen molar-refractivity contribution in [2.45, 2.75) is 33.2 Å². The molecule has 0 amide bonds. The average Bonchev–Trinajstić information content (AvgIpc) is 2.99. The number of hydrogen-bond donors (Lipinski definition) is 2. The lowest BCUT2D eigenvalue weighted by atomic mass is 10.0. The van der Waals surface area contributed by atoms with Crippen LogP contribution in [0.15, 0.2) is 9.52 Å². The van der Waals surface area contributed by atoms with Gasteiger partial charge in [0.1, 0.15) is 0 Å². The van der Waals surface area contributed by atoms with Crippen LogP contribution in [-0.4, -0.2) is 73.5 Å². The topological polar surface area (TPSA) is 87.8 Å². The molecule has 1 atom stereocenters. The van der Waals surface area contributed by atoms with Crippen LogP contribution in [-0.2, 0) is 11.2 Å². The number of hydrogen-bond acceptors (Lipinski definition) is 6. The largest absolute Gasteiger partial charge is 0.379 e. The van der Waals surface area contributed by atoms with Gasteiger partial charge in [0.2, 0.25) is 5.89 Å². The van der Waals surface area contributed by atoms with Crippen molar-refractivity contribution < 1.29 is 9.26 Å². The van der Waals surface area contributed by atoms with Crippen molar-refractivity contribution >= 4 is 29.9 Å². The molecule has 8 nitrogen and oxygen atoms in total. The summed E-state index contributed by atoms with van der Waals surface area (Å²) in [4.78, 5) is 11.0. The van der Waals surface area contributed by atoms with E-state index in [0.29, 0.717) is 36.6 Å². The zero-order valence-electron chi connectivity index (χ0n) is 15.6. The molecule has 1 aliphatic rings. The number of nitrogens with zero attached hydrogens (tertiary/aromatic N) is 4. The summed E-state index contributed by atoms with van der Waals surface area (Å²) in [5, 5.41) is 10.5.